The summed E-state index contributed by atoms with van der Waals surface area (Å²) in [6.45, 7) is 27.0. The van der Waals surface area contributed by atoms with Crippen LogP contribution in [0.3, 0.4) is 0 Å². The maximum Gasteiger partial charge on any atom is 0.306 e. The van der Waals surface area contributed by atoms with Crippen LogP contribution in [0, 0.1) is 80.3 Å². The highest BCUT2D eigenvalue weighted by atomic mass is 32.1. The van der Waals surface area contributed by atoms with Gasteiger partial charge in [-0.15, -0.1) is 0 Å². The molecule has 0 aromatic carbocycles. The predicted molar refractivity (Wildman–Crippen MR) is 223 cm³/mol. The smallest absolute Gasteiger partial charge is 0.306 e. The number of carbonyl (C=O) groups is 3. The van der Waals surface area contributed by atoms with E-state index in [0.717, 1.165) is 43.0 Å². The molecule has 6 aliphatic rings. The van der Waals surface area contributed by atoms with Crippen LogP contribution < -0.4 is 10.6 Å². The standard InChI is InChI=1S/C47H74N2O4S/c1-27(2)40-37(51)25-47(20-21-48-26-43(6,7)24-28(3)49-30(5)54)19-15-35-32(41(40)47)12-13-39-45(35,10)18-16-38-44(8,9)31(14-17-46(38,39)11)22-36(50)33-23-34(29(33)4)42(52)53/h24,27,29,31-35,38-39,48H,12-23,25-26H2,1-11H3,(H,49,54)(H,52,53)/b28-24+. The molecule has 5 fully saturated rings. The highest BCUT2D eigenvalue weighted by Crippen LogP contribution is 2.74. The Morgan fingerprint density at radius 1 is 0.963 bits per heavy atom. The fourth-order valence-corrected chi connectivity index (χ4v) is 15.0. The summed E-state index contributed by atoms with van der Waals surface area (Å²) < 4.78 is 0. The molecule has 7 heteroatoms. The summed E-state index contributed by atoms with van der Waals surface area (Å²) in [7, 11) is 0. The minimum Gasteiger partial charge on any atom is -0.481 e. The van der Waals surface area contributed by atoms with Gasteiger partial charge < -0.3 is 15.7 Å². The highest BCUT2D eigenvalue weighted by molar-refractivity contribution is 7.80. The molecule has 6 rings (SSSR count). The zero-order valence-electron chi connectivity index (χ0n) is 35.8. The zero-order chi connectivity index (χ0) is 39.8. The van der Waals surface area contributed by atoms with E-state index in [1.807, 2.05) is 13.8 Å². The zero-order valence-corrected chi connectivity index (χ0v) is 36.6. The average molecular weight is 763 g/mol. The summed E-state index contributed by atoms with van der Waals surface area (Å²) in [5.74, 6) is 2.52. The second-order valence-electron chi connectivity index (χ2n) is 21.6. The molecule has 0 radical (unpaired) electrons. The largest absolute Gasteiger partial charge is 0.481 e. The molecule has 0 aromatic heterocycles. The van der Waals surface area contributed by atoms with Crippen LogP contribution in [-0.2, 0) is 14.4 Å². The lowest BCUT2D eigenvalue weighted by molar-refractivity contribution is -0.193. The molecule has 0 saturated heterocycles. The van der Waals surface area contributed by atoms with Gasteiger partial charge in [0.15, 0.2) is 5.78 Å². The third-order valence-electron chi connectivity index (χ3n) is 17.3. The van der Waals surface area contributed by atoms with Crippen LogP contribution in [0.5, 0.6) is 0 Å². The number of nitrogens with one attached hydrogen (secondary N) is 2. The molecular weight excluding hydrogens is 689 g/mol. The van der Waals surface area contributed by atoms with Gasteiger partial charge in [-0.1, -0.05) is 86.2 Å². The average Bonchev–Trinajstić information content (AvgIpc) is 3.35. The van der Waals surface area contributed by atoms with E-state index in [0.29, 0.717) is 60.4 Å². The molecule has 6 nitrogen and oxygen atoms in total. The van der Waals surface area contributed by atoms with Crippen LogP contribution in [0.4, 0.5) is 0 Å². The Kier molecular flexibility index (Phi) is 11.5. The van der Waals surface area contributed by atoms with Crippen molar-refractivity contribution in [3.8, 4) is 0 Å². The van der Waals surface area contributed by atoms with E-state index >= 15 is 0 Å². The van der Waals surface area contributed by atoms with Crippen molar-refractivity contribution in [1.29, 1.82) is 0 Å². The summed E-state index contributed by atoms with van der Waals surface area (Å²) in [6.07, 6.45) is 14.7. The van der Waals surface area contributed by atoms with Crippen molar-refractivity contribution in [3.63, 3.8) is 0 Å². The topological polar surface area (TPSA) is 95.5 Å². The molecule has 54 heavy (non-hydrogen) atoms. The summed E-state index contributed by atoms with van der Waals surface area (Å²) >= 11 is 5.26. The fraction of sp³-hybridized carbons (Fsp3) is 0.830. The molecule has 302 valence electrons. The van der Waals surface area contributed by atoms with E-state index in [2.05, 4.69) is 79.0 Å². The Morgan fingerprint density at radius 2 is 1.65 bits per heavy atom. The minimum atomic E-state index is -0.748. The Bertz CT molecular complexity index is 1590. The van der Waals surface area contributed by atoms with E-state index in [4.69, 9.17) is 12.2 Å². The van der Waals surface area contributed by atoms with Gasteiger partial charge in [0.1, 0.15) is 5.78 Å². The number of carboxylic acid groups (broad SMARTS) is 1. The summed E-state index contributed by atoms with van der Waals surface area (Å²) in [4.78, 5) is 40.0. The Labute approximate surface area is 333 Å². The number of carboxylic acids is 1. The second-order valence-corrected chi connectivity index (χ2v) is 22.3. The number of Topliss-reactive ketones (excluding diaryl/α,β-unsaturated/α-hetero) is 2. The number of thiocarbonyl (C=S) groups is 1. The molecule has 6 aliphatic carbocycles. The first-order valence-corrected chi connectivity index (χ1v) is 22.2. The van der Waals surface area contributed by atoms with Crippen molar-refractivity contribution in [1.82, 2.24) is 10.6 Å². The molecule has 3 N–H and O–H groups in total. The van der Waals surface area contributed by atoms with E-state index < -0.39 is 5.97 Å². The van der Waals surface area contributed by atoms with Crippen LogP contribution in [0.25, 0.3) is 0 Å². The normalized spacial score (nSPS) is 40.3. The Hall–Kier alpha value is -1.86. The summed E-state index contributed by atoms with van der Waals surface area (Å²) in [5.41, 5.74) is 4.42. The summed E-state index contributed by atoms with van der Waals surface area (Å²) in [5, 5.41) is 16.6. The van der Waals surface area contributed by atoms with Crippen molar-refractivity contribution >= 4 is 34.7 Å². The molecule has 11 atom stereocenters. The Balaban J connectivity index is 1.17. The van der Waals surface area contributed by atoms with Gasteiger partial charge in [0.2, 0.25) is 0 Å². The fourth-order valence-electron chi connectivity index (χ4n) is 14.8. The number of carbonyl (C=O) groups excluding carboxylic acids is 2. The van der Waals surface area contributed by atoms with Crippen molar-refractivity contribution in [2.24, 2.45) is 80.3 Å². The molecule has 0 bridgehead atoms. The van der Waals surface area contributed by atoms with E-state index in [9.17, 15) is 19.5 Å². The van der Waals surface area contributed by atoms with E-state index in [1.165, 1.54) is 44.1 Å². The van der Waals surface area contributed by atoms with Gasteiger partial charge in [0, 0.05) is 36.4 Å². The molecule has 0 heterocycles. The monoisotopic (exact) mass is 763 g/mol. The molecular formula is C47H74N2O4S. The van der Waals surface area contributed by atoms with Gasteiger partial charge in [0.05, 0.1) is 10.9 Å². The van der Waals surface area contributed by atoms with E-state index in [-0.39, 0.29) is 50.7 Å². The number of fused-ring (bicyclic) bond motifs is 7. The Morgan fingerprint density at radius 3 is 2.28 bits per heavy atom. The van der Waals surface area contributed by atoms with Crippen molar-refractivity contribution in [2.45, 2.75) is 153 Å². The van der Waals surface area contributed by atoms with Crippen molar-refractivity contribution in [2.75, 3.05) is 13.1 Å². The van der Waals surface area contributed by atoms with Gasteiger partial charge in [-0.2, -0.15) is 0 Å². The predicted octanol–water partition coefficient (Wildman–Crippen LogP) is 10.4. The van der Waals surface area contributed by atoms with Gasteiger partial charge in [0.25, 0.3) is 0 Å². The first-order chi connectivity index (χ1) is 25.1. The molecule has 0 aromatic rings. The first-order valence-electron chi connectivity index (χ1n) is 21.8. The number of hydrogen-bond acceptors (Lipinski definition) is 5. The number of aliphatic carboxylic acids is 1. The number of ketones is 2. The number of allylic oxidation sites excluding steroid dienone is 3. The van der Waals surface area contributed by atoms with E-state index in [1.54, 1.807) is 5.57 Å². The maximum absolute atomic E-state index is 14.0. The van der Waals surface area contributed by atoms with Crippen molar-refractivity contribution < 1.29 is 19.5 Å². The van der Waals surface area contributed by atoms with Crippen LogP contribution in [0.1, 0.15) is 153 Å². The van der Waals surface area contributed by atoms with Gasteiger partial charge in [-0.05, 0) is 153 Å². The number of rotatable bonds is 12. The molecule has 0 aliphatic heterocycles. The highest BCUT2D eigenvalue weighted by Gasteiger charge is 2.66. The summed E-state index contributed by atoms with van der Waals surface area (Å²) in [6, 6.07) is 0. The lowest BCUT2D eigenvalue weighted by atomic mass is 9.35. The van der Waals surface area contributed by atoms with Gasteiger partial charge in [-0.3, -0.25) is 14.4 Å². The third-order valence-corrected chi connectivity index (χ3v) is 17.4. The number of hydrogen-bond donors (Lipinski definition) is 3. The quantitative estimate of drug-likeness (QED) is 0.135. The van der Waals surface area contributed by atoms with Crippen LogP contribution in [0.15, 0.2) is 22.9 Å². The SMILES string of the molecule is CC(=S)N/C(C)=C/C(C)(C)CNCCC12CCC3C(CCC4C3(C)CCC3C(C)(C)C(CC(=O)C5CC(C(=O)O)C5C)CCC34C)C1=C(C(C)C)C(=O)C2. The first kappa shape index (κ1) is 41.8. The van der Waals surface area contributed by atoms with Gasteiger partial charge >= 0.3 is 5.97 Å². The maximum atomic E-state index is 14.0. The van der Waals surface area contributed by atoms with Crippen LogP contribution in [0.2, 0.25) is 0 Å². The van der Waals surface area contributed by atoms with Gasteiger partial charge in [-0.25, -0.2) is 0 Å². The van der Waals surface area contributed by atoms with Crippen LogP contribution in [-0.4, -0.2) is 40.7 Å². The third kappa shape index (κ3) is 7.15. The lowest BCUT2D eigenvalue weighted by Crippen LogP contribution is -2.62. The minimum absolute atomic E-state index is 0.00396. The molecule has 5 saturated carbocycles. The molecule has 0 spiro atoms. The second kappa shape index (κ2) is 14.8. The van der Waals surface area contributed by atoms with Crippen LogP contribution >= 0.6 is 12.2 Å². The lowest BCUT2D eigenvalue weighted by Gasteiger charge is -2.69. The molecule has 11 unspecified atom stereocenters. The van der Waals surface area contributed by atoms with Crippen molar-refractivity contribution in [3.05, 3.63) is 22.9 Å². The molecule has 0 amide bonds.